The molecular formula is C18H13Cl4FN4O2S. The second-order valence-electron chi connectivity index (χ2n) is 5.90. The third-order valence-electron chi connectivity index (χ3n) is 3.79. The minimum atomic E-state index is -0.454. The molecule has 1 N–H and O–H groups in total. The van der Waals surface area contributed by atoms with Crippen LogP contribution in [-0.4, -0.2) is 26.4 Å². The highest BCUT2D eigenvalue weighted by atomic mass is 35.5. The molecule has 0 aliphatic heterocycles. The number of hydrogen-bond acceptors (Lipinski definition) is 5. The average molecular weight is 510 g/mol. The lowest BCUT2D eigenvalue weighted by molar-refractivity contribution is -0.113. The Morgan fingerprint density at radius 2 is 1.83 bits per heavy atom. The maximum absolute atomic E-state index is 13.1. The molecule has 12 heteroatoms. The summed E-state index contributed by atoms with van der Waals surface area (Å²) in [4.78, 5) is 12.2. The molecule has 0 radical (unpaired) electrons. The summed E-state index contributed by atoms with van der Waals surface area (Å²) in [5.74, 6) is 0.135. The summed E-state index contributed by atoms with van der Waals surface area (Å²) in [7, 11) is 1.74. The second-order valence-corrected chi connectivity index (χ2v) is 8.48. The molecular weight excluding hydrogens is 497 g/mol. The van der Waals surface area contributed by atoms with Gasteiger partial charge in [-0.1, -0.05) is 58.2 Å². The van der Waals surface area contributed by atoms with Crippen LogP contribution in [0.3, 0.4) is 0 Å². The molecule has 0 spiro atoms. The fraction of sp³-hybridized carbons (Fsp3) is 0.167. The van der Waals surface area contributed by atoms with Gasteiger partial charge in [0, 0.05) is 7.05 Å². The van der Waals surface area contributed by atoms with Gasteiger partial charge in [-0.05, 0) is 30.3 Å². The third-order valence-corrected chi connectivity index (χ3v) is 6.14. The van der Waals surface area contributed by atoms with Crippen LogP contribution in [0.25, 0.3) is 0 Å². The lowest BCUT2D eigenvalue weighted by atomic mass is 10.3. The first-order valence-corrected chi connectivity index (χ1v) is 10.8. The van der Waals surface area contributed by atoms with Crippen molar-refractivity contribution in [2.24, 2.45) is 7.05 Å². The quantitative estimate of drug-likeness (QED) is 0.318. The molecule has 158 valence electrons. The van der Waals surface area contributed by atoms with E-state index in [-0.39, 0.29) is 33.3 Å². The summed E-state index contributed by atoms with van der Waals surface area (Å²) in [6.45, 7) is 0.0699. The van der Waals surface area contributed by atoms with Gasteiger partial charge in [0.15, 0.2) is 11.0 Å². The van der Waals surface area contributed by atoms with Crippen molar-refractivity contribution in [2.75, 3.05) is 11.1 Å². The summed E-state index contributed by atoms with van der Waals surface area (Å²) < 4.78 is 20.3. The molecule has 2 aromatic carbocycles. The van der Waals surface area contributed by atoms with Gasteiger partial charge in [-0.2, -0.15) is 0 Å². The van der Waals surface area contributed by atoms with Crippen LogP contribution < -0.4 is 10.1 Å². The standard InChI is InChI=1S/C18H13Cl4FN4O2S/c1-27-16(7-29-15-3-2-9(23)4-13(15)22)25-26-18(27)30-8-17(28)24-14-6-11(20)10(19)5-12(14)21/h2-6H,7-8H2,1H3,(H,24,28). The van der Waals surface area contributed by atoms with Gasteiger partial charge in [0.05, 0.1) is 31.5 Å². The summed E-state index contributed by atoms with van der Waals surface area (Å²) in [5.41, 5.74) is 0.361. The highest BCUT2D eigenvalue weighted by molar-refractivity contribution is 7.99. The molecule has 0 unspecified atom stereocenters. The Bertz CT molecular complexity index is 1100. The zero-order valence-corrected chi connectivity index (χ0v) is 19.1. The number of nitrogens with one attached hydrogen (secondary N) is 1. The average Bonchev–Trinajstić information content (AvgIpc) is 3.03. The Morgan fingerprint density at radius 3 is 2.57 bits per heavy atom. The van der Waals surface area contributed by atoms with Gasteiger partial charge in [-0.25, -0.2) is 4.39 Å². The SMILES string of the molecule is Cn1c(COc2ccc(F)cc2Cl)nnc1SCC(=O)Nc1cc(Cl)c(Cl)cc1Cl. The predicted octanol–water partition coefficient (Wildman–Crippen LogP) is 5.88. The van der Waals surface area contributed by atoms with Crippen molar-refractivity contribution in [1.82, 2.24) is 14.8 Å². The predicted molar refractivity (Wildman–Crippen MR) is 118 cm³/mol. The van der Waals surface area contributed by atoms with Crippen LogP contribution in [0.1, 0.15) is 5.82 Å². The van der Waals surface area contributed by atoms with E-state index in [0.29, 0.717) is 27.4 Å². The topological polar surface area (TPSA) is 69.0 Å². The number of rotatable bonds is 7. The van der Waals surface area contributed by atoms with Crippen LogP contribution in [0.4, 0.5) is 10.1 Å². The molecule has 6 nitrogen and oxygen atoms in total. The van der Waals surface area contributed by atoms with Crippen LogP contribution in [0.15, 0.2) is 35.5 Å². The van der Waals surface area contributed by atoms with Crippen molar-refractivity contribution in [2.45, 2.75) is 11.8 Å². The number of nitrogens with zero attached hydrogens (tertiary/aromatic N) is 3. The zero-order chi connectivity index (χ0) is 21.8. The molecule has 30 heavy (non-hydrogen) atoms. The third kappa shape index (κ3) is 5.70. The number of amides is 1. The zero-order valence-electron chi connectivity index (χ0n) is 15.3. The smallest absolute Gasteiger partial charge is 0.234 e. The Hall–Kier alpha value is -1.71. The van der Waals surface area contributed by atoms with Gasteiger partial charge < -0.3 is 14.6 Å². The van der Waals surface area contributed by atoms with E-state index < -0.39 is 5.82 Å². The lowest BCUT2D eigenvalue weighted by Crippen LogP contribution is -2.15. The lowest BCUT2D eigenvalue weighted by Gasteiger charge is -2.09. The van der Waals surface area contributed by atoms with Crippen LogP contribution >= 0.6 is 58.2 Å². The molecule has 0 fully saturated rings. The number of carbonyl (C=O) groups excluding carboxylic acids is 1. The van der Waals surface area contributed by atoms with Crippen molar-refractivity contribution in [3.8, 4) is 5.75 Å². The number of carbonyl (C=O) groups is 1. The number of anilines is 1. The molecule has 0 aliphatic rings. The number of hydrogen-bond donors (Lipinski definition) is 1. The van der Waals surface area contributed by atoms with Crippen molar-refractivity contribution in [1.29, 1.82) is 0 Å². The van der Waals surface area contributed by atoms with Gasteiger partial charge >= 0.3 is 0 Å². The van der Waals surface area contributed by atoms with Gasteiger partial charge in [-0.15, -0.1) is 10.2 Å². The van der Waals surface area contributed by atoms with Gasteiger partial charge in [0.25, 0.3) is 0 Å². The van der Waals surface area contributed by atoms with E-state index in [1.54, 1.807) is 11.6 Å². The van der Waals surface area contributed by atoms with E-state index in [4.69, 9.17) is 51.1 Å². The van der Waals surface area contributed by atoms with Gasteiger partial charge in [-0.3, -0.25) is 4.79 Å². The number of aromatic nitrogens is 3. The maximum atomic E-state index is 13.1. The number of benzene rings is 2. The normalized spacial score (nSPS) is 10.9. The van der Waals surface area contributed by atoms with Crippen LogP contribution in [-0.2, 0) is 18.4 Å². The summed E-state index contributed by atoms with van der Waals surface area (Å²) in [6, 6.07) is 6.78. The summed E-state index contributed by atoms with van der Waals surface area (Å²) >= 11 is 25.0. The van der Waals surface area contributed by atoms with E-state index in [9.17, 15) is 9.18 Å². The maximum Gasteiger partial charge on any atom is 0.234 e. The molecule has 0 saturated carbocycles. The van der Waals surface area contributed by atoms with Crippen LogP contribution in [0.5, 0.6) is 5.75 Å². The van der Waals surface area contributed by atoms with E-state index in [0.717, 1.165) is 6.07 Å². The molecule has 0 saturated heterocycles. The Kier molecular flexibility index (Phi) is 7.70. The molecule has 0 aliphatic carbocycles. The van der Waals surface area contributed by atoms with Crippen molar-refractivity contribution < 1.29 is 13.9 Å². The Balaban J connectivity index is 1.57. The monoisotopic (exact) mass is 508 g/mol. The molecule has 3 aromatic rings. The molecule has 1 amide bonds. The minimum Gasteiger partial charge on any atom is -0.484 e. The molecule has 1 heterocycles. The molecule has 0 atom stereocenters. The molecule has 0 bridgehead atoms. The van der Waals surface area contributed by atoms with Gasteiger partial charge in [0.2, 0.25) is 5.91 Å². The second kappa shape index (κ2) is 10.1. The fourth-order valence-corrected chi connectivity index (χ4v) is 3.81. The minimum absolute atomic E-state index is 0.0627. The first kappa shape index (κ1) is 23.0. The first-order valence-electron chi connectivity index (χ1n) is 8.28. The van der Waals surface area contributed by atoms with E-state index >= 15 is 0 Å². The molecule has 3 rings (SSSR count). The number of halogens is 5. The first-order chi connectivity index (χ1) is 14.2. The fourth-order valence-electron chi connectivity index (χ4n) is 2.27. The van der Waals surface area contributed by atoms with Gasteiger partial charge in [0.1, 0.15) is 18.2 Å². The number of thioether (sulfide) groups is 1. The Morgan fingerprint density at radius 1 is 1.10 bits per heavy atom. The van der Waals surface area contributed by atoms with Crippen molar-refractivity contribution >= 4 is 69.8 Å². The van der Waals surface area contributed by atoms with Crippen LogP contribution in [0.2, 0.25) is 20.1 Å². The van der Waals surface area contributed by atoms with Crippen LogP contribution in [0, 0.1) is 5.82 Å². The van der Waals surface area contributed by atoms with E-state index in [1.165, 1.54) is 36.0 Å². The largest absolute Gasteiger partial charge is 0.484 e. The highest BCUT2D eigenvalue weighted by Crippen LogP contribution is 2.32. The summed E-state index contributed by atoms with van der Waals surface area (Å²) in [5, 5.41) is 12.3. The van der Waals surface area contributed by atoms with Crippen molar-refractivity contribution in [3.05, 3.63) is 62.1 Å². The van der Waals surface area contributed by atoms with E-state index in [1.807, 2.05) is 0 Å². The van der Waals surface area contributed by atoms with E-state index in [2.05, 4.69) is 15.5 Å². The molecule has 1 aromatic heterocycles. The highest BCUT2D eigenvalue weighted by Gasteiger charge is 2.14. The summed E-state index contributed by atoms with van der Waals surface area (Å²) in [6.07, 6.45) is 0. The Labute approximate surface area is 195 Å². The van der Waals surface area contributed by atoms with Crippen molar-refractivity contribution in [3.63, 3.8) is 0 Å². The number of ether oxygens (including phenoxy) is 1.